The molecular weight excluding hydrogens is 528 g/mol. The minimum Gasteiger partial charge on any atom is -0.385 e. The van der Waals surface area contributed by atoms with Crippen molar-refractivity contribution in [1.82, 2.24) is 0 Å². The number of ether oxygens (including phenoxy) is 4. The van der Waals surface area contributed by atoms with Crippen LogP contribution in [0.3, 0.4) is 0 Å². The van der Waals surface area contributed by atoms with E-state index in [4.69, 9.17) is 18.9 Å². The Hall–Kier alpha value is -1.83. The lowest BCUT2D eigenvalue weighted by Gasteiger charge is -2.56. The molecule has 4 fully saturated rings. The molecule has 42 heavy (non-hydrogen) atoms. The molecule has 4 aliphatic carbocycles. The van der Waals surface area contributed by atoms with Gasteiger partial charge in [-0.05, 0) is 61.7 Å². The molecule has 2 heterocycles. The number of ketones is 1. The predicted octanol–water partition coefficient (Wildman–Crippen LogP) is 6.57. The molecule has 2 aliphatic heterocycles. The average Bonchev–Trinajstić information content (AvgIpc) is 3.25. The maximum absolute atomic E-state index is 13.3. The largest absolute Gasteiger partial charge is 0.385 e. The standard InChI is InChI=1S/C36H48O6/c1-31(2)19-39-34(6,40-20-31)24-9-7-23(8-10-24)26-17-33(5)27(11-12-29(33)37)25-13-15-35(38)18-36(16-14-28(35)30(25)26)41-21-32(3,4)22-42-36/h7-12,25-27,38H,13-22H2,1-6H3/t25-,26+,27-,33-,35+/m0/s1. The quantitative estimate of drug-likeness (QED) is 0.402. The Balaban J connectivity index is 1.25. The van der Waals surface area contributed by atoms with Crippen molar-refractivity contribution in [1.29, 1.82) is 0 Å². The van der Waals surface area contributed by atoms with E-state index in [0.717, 1.165) is 31.2 Å². The van der Waals surface area contributed by atoms with E-state index in [1.54, 1.807) is 0 Å². The monoisotopic (exact) mass is 576 g/mol. The topological polar surface area (TPSA) is 74.2 Å². The summed E-state index contributed by atoms with van der Waals surface area (Å²) in [5, 5.41) is 12.4. The highest BCUT2D eigenvalue weighted by Crippen LogP contribution is 2.63. The number of hydrogen-bond acceptors (Lipinski definition) is 6. The molecule has 0 amide bonds. The molecule has 1 aromatic rings. The predicted molar refractivity (Wildman–Crippen MR) is 160 cm³/mol. The van der Waals surface area contributed by atoms with Crippen molar-refractivity contribution in [2.45, 2.75) is 103 Å². The van der Waals surface area contributed by atoms with Crippen molar-refractivity contribution in [3.8, 4) is 0 Å². The maximum atomic E-state index is 13.3. The van der Waals surface area contributed by atoms with Gasteiger partial charge >= 0.3 is 0 Å². The summed E-state index contributed by atoms with van der Waals surface area (Å²) in [4.78, 5) is 13.3. The van der Waals surface area contributed by atoms with E-state index in [1.165, 1.54) is 16.7 Å². The van der Waals surface area contributed by atoms with Crippen LogP contribution in [0.4, 0.5) is 0 Å². The van der Waals surface area contributed by atoms with Gasteiger partial charge in [-0.2, -0.15) is 0 Å². The summed E-state index contributed by atoms with van der Waals surface area (Å²) in [7, 11) is 0. The summed E-state index contributed by atoms with van der Waals surface area (Å²) < 4.78 is 25.3. The molecule has 2 saturated carbocycles. The van der Waals surface area contributed by atoms with E-state index < -0.39 is 22.6 Å². The third kappa shape index (κ3) is 4.51. The van der Waals surface area contributed by atoms with Crippen LogP contribution >= 0.6 is 0 Å². The van der Waals surface area contributed by atoms with E-state index in [9.17, 15) is 9.90 Å². The molecule has 5 atom stereocenters. The lowest BCUT2D eigenvalue weighted by Crippen LogP contribution is -2.57. The molecule has 6 aliphatic rings. The number of hydrogen-bond donors (Lipinski definition) is 1. The second kappa shape index (κ2) is 9.34. The molecule has 7 rings (SSSR count). The van der Waals surface area contributed by atoms with Crippen LogP contribution in [0.1, 0.15) is 97.1 Å². The van der Waals surface area contributed by atoms with E-state index in [0.29, 0.717) is 39.3 Å². The van der Waals surface area contributed by atoms with Crippen molar-refractivity contribution in [3.63, 3.8) is 0 Å². The molecule has 1 aromatic carbocycles. The van der Waals surface area contributed by atoms with Gasteiger partial charge in [0.15, 0.2) is 17.4 Å². The molecule has 0 aromatic heterocycles. The van der Waals surface area contributed by atoms with Crippen LogP contribution < -0.4 is 0 Å². The number of benzene rings is 1. The number of rotatable bonds is 2. The molecule has 2 saturated heterocycles. The lowest BCUT2D eigenvalue weighted by atomic mass is 9.51. The molecular formula is C36H48O6. The second-order valence-electron chi connectivity index (χ2n) is 16.2. The number of fused-ring (bicyclic) bond motifs is 4. The zero-order valence-corrected chi connectivity index (χ0v) is 26.3. The van der Waals surface area contributed by atoms with Gasteiger partial charge in [-0.15, -0.1) is 0 Å². The van der Waals surface area contributed by atoms with Gasteiger partial charge < -0.3 is 24.1 Å². The van der Waals surface area contributed by atoms with Crippen LogP contribution in [0.2, 0.25) is 0 Å². The zero-order chi connectivity index (χ0) is 29.8. The molecule has 0 radical (unpaired) electrons. The van der Waals surface area contributed by atoms with Crippen molar-refractivity contribution in [2.24, 2.45) is 28.1 Å². The molecule has 0 bridgehead atoms. The Morgan fingerprint density at radius 2 is 1.45 bits per heavy atom. The van der Waals surface area contributed by atoms with Crippen molar-refractivity contribution < 1.29 is 28.8 Å². The zero-order valence-electron chi connectivity index (χ0n) is 26.3. The van der Waals surface area contributed by atoms with Crippen molar-refractivity contribution in [3.05, 3.63) is 58.7 Å². The maximum Gasteiger partial charge on any atom is 0.191 e. The highest BCUT2D eigenvalue weighted by Gasteiger charge is 2.59. The fraction of sp³-hybridized carbons (Fsp3) is 0.694. The summed E-state index contributed by atoms with van der Waals surface area (Å²) in [5.74, 6) is -0.751. The second-order valence-corrected chi connectivity index (χ2v) is 16.2. The Bertz CT molecular complexity index is 1320. The van der Waals surface area contributed by atoms with Crippen LogP contribution in [0.15, 0.2) is 47.6 Å². The lowest BCUT2D eigenvalue weighted by molar-refractivity contribution is -0.322. The summed E-state index contributed by atoms with van der Waals surface area (Å²) >= 11 is 0. The van der Waals surface area contributed by atoms with Gasteiger partial charge in [-0.25, -0.2) is 0 Å². The summed E-state index contributed by atoms with van der Waals surface area (Å²) in [6.45, 7) is 15.4. The minimum absolute atomic E-state index is 0.00146. The molecule has 228 valence electrons. The van der Waals surface area contributed by atoms with Crippen LogP contribution in [0.25, 0.3) is 0 Å². The van der Waals surface area contributed by atoms with Crippen LogP contribution in [-0.4, -0.2) is 48.7 Å². The minimum atomic E-state index is -0.951. The van der Waals surface area contributed by atoms with E-state index in [2.05, 4.69) is 65.0 Å². The van der Waals surface area contributed by atoms with E-state index in [1.807, 2.05) is 13.0 Å². The molecule has 6 heteroatoms. The SMILES string of the molecule is CC1(C)COC2(CCC3=C4[C@@H](CC[C@@]3(O)C2)[C@@H]2C=CC(=O)[C@@]2(C)C[C@@H]4c2ccc(C3(C)OCC(C)(C)CO3)cc2)OC1. The summed E-state index contributed by atoms with van der Waals surface area (Å²) in [6.07, 6.45) is 8.26. The first-order chi connectivity index (χ1) is 19.7. The fourth-order valence-corrected chi connectivity index (χ4v) is 8.78. The Kier molecular flexibility index (Phi) is 6.43. The number of carbonyl (C=O) groups excluding carboxylic acids is 1. The fourth-order valence-electron chi connectivity index (χ4n) is 8.78. The van der Waals surface area contributed by atoms with E-state index in [-0.39, 0.29) is 34.4 Å². The van der Waals surface area contributed by atoms with Gasteiger partial charge in [0, 0.05) is 40.6 Å². The Morgan fingerprint density at radius 3 is 2.10 bits per heavy atom. The average molecular weight is 577 g/mol. The van der Waals surface area contributed by atoms with Gasteiger partial charge in [-0.3, -0.25) is 4.79 Å². The van der Waals surface area contributed by atoms with Crippen LogP contribution in [-0.2, 0) is 29.5 Å². The normalized spacial score (nSPS) is 39.5. The summed E-state index contributed by atoms with van der Waals surface area (Å²) in [5.41, 5.74) is 3.35. The van der Waals surface area contributed by atoms with Crippen LogP contribution in [0, 0.1) is 28.1 Å². The smallest absolute Gasteiger partial charge is 0.191 e. The third-order valence-corrected chi connectivity index (χ3v) is 11.5. The number of allylic oxidation sites excluding steroid dienone is 3. The molecule has 0 unspecified atom stereocenters. The van der Waals surface area contributed by atoms with Gasteiger partial charge in [-0.1, -0.05) is 70.5 Å². The first kappa shape index (κ1) is 28.9. The van der Waals surface area contributed by atoms with E-state index >= 15 is 0 Å². The summed E-state index contributed by atoms with van der Waals surface area (Å²) in [6, 6.07) is 8.67. The molecule has 1 N–H and O–H groups in total. The Morgan fingerprint density at radius 1 is 0.833 bits per heavy atom. The van der Waals surface area contributed by atoms with Gasteiger partial charge in [0.1, 0.15) is 0 Å². The number of carbonyl (C=O) groups is 1. The van der Waals surface area contributed by atoms with Crippen molar-refractivity contribution in [2.75, 3.05) is 26.4 Å². The van der Waals surface area contributed by atoms with Gasteiger partial charge in [0.25, 0.3) is 0 Å². The number of aliphatic hydroxyl groups is 1. The first-order valence-electron chi connectivity index (χ1n) is 16.0. The third-order valence-electron chi connectivity index (χ3n) is 11.5. The van der Waals surface area contributed by atoms with Crippen LogP contribution in [0.5, 0.6) is 0 Å². The molecule has 6 nitrogen and oxygen atoms in total. The highest BCUT2D eigenvalue weighted by atomic mass is 16.7. The van der Waals surface area contributed by atoms with Crippen molar-refractivity contribution >= 4 is 5.78 Å². The highest BCUT2D eigenvalue weighted by molar-refractivity contribution is 5.98. The van der Waals surface area contributed by atoms with Gasteiger partial charge in [0.2, 0.25) is 0 Å². The van der Waals surface area contributed by atoms with Gasteiger partial charge in [0.05, 0.1) is 32.0 Å². The first-order valence-corrected chi connectivity index (χ1v) is 16.0. The Labute approximate surface area is 250 Å². The molecule has 1 spiro atoms.